The number of sulfonamides is 1. The molecule has 0 spiro atoms. The predicted molar refractivity (Wildman–Crippen MR) is 74.4 cm³/mol. The molecule has 0 heterocycles. The Balaban J connectivity index is 3.07. The van der Waals surface area contributed by atoms with Gasteiger partial charge in [0.2, 0.25) is 10.0 Å². The van der Waals surface area contributed by atoms with Crippen LogP contribution in [0.25, 0.3) is 0 Å². The van der Waals surface area contributed by atoms with Gasteiger partial charge in [-0.3, -0.25) is 14.9 Å². The fourth-order valence-corrected chi connectivity index (χ4v) is 2.62. The molecule has 0 saturated heterocycles. The molecule has 0 unspecified atom stereocenters. The quantitative estimate of drug-likeness (QED) is 0.601. The van der Waals surface area contributed by atoms with Crippen molar-refractivity contribution < 1.29 is 23.2 Å². The van der Waals surface area contributed by atoms with Gasteiger partial charge in [-0.05, 0) is 26.8 Å². The highest BCUT2D eigenvalue weighted by molar-refractivity contribution is 7.89. The molecule has 0 radical (unpaired) electrons. The highest BCUT2D eigenvalue weighted by atomic mass is 32.2. The molecule has 1 aromatic carbocycles. The molecule has 0 amide bonds. The lowest BCUT2D eigenvalue weighted by Crippen LogP contribution is -2.38. The van der Waals surface area contributed by atoms with Crippen LogP contribution in [-0.4, -0.2) is 31.0 Å². The smallest absolute Gasteiger partial charge is 0.310 e. The number of hydrogen-bond acceptors (Lipinski definition) is 5. The average molecular weight is 316 g/mol. The highest BCUT2D eigenvalue weighted by Crippen LogP contribution is 2.22. The van der Waals surface area contributed by atoms with E-state index < -0.39 is 26.3 Å². The SMILES string of the molecule is Cc1ccc(S(=O)(=O)NCC(C)(C)C(=O)O)cc1[N+](=O)[O-]. The number of aryl methyl sites for hydroxylation is 1. The number of nitrogens with zero attached hydrogens (tertiary/aromatic N) is 1. The van der Waals surface area contributed by atoms with Crippen LogP contribution in [0.2, 0.25) is 0 Å². The lowest BCUT2D eigenvalue weighted by molar-refractivity contribution is -0.385. The van der Waals surface area contributed by atoms with Crippen LogP contribution in [0.3, 0.4) is 0 Å². The fourth-order valence-electron chi connectivity index (χ4n) is 1.39. The maximum absolute atomic E-state index is 12.1. The molecule has 21 heavy (non-hydrogen) atoms. The van der Waals surface area contributed by atoms with E-state index in [2.05, 4.69) is 4.72 Å². The number of rotatable bonds is 6. The highest BCUT2D eigenvalue weighted by Gasteiger charge is 2.30. The number of carboxylic acid groups (broad SMARTS) is 1. The van der Waals surface area contributed by atoms with Crippen LogP contribution in [0.1, 0.15) is 19.4 Å². The first-order valence-corrected chi connectivity index (χ1v) is 7.44. The summed E-state index contributed by atoms with van der Waals surface area (Å²) in [6, 6.07) is 3.51. The van der Waals surface area contributed by atoms with Gasteiger partial charge in [0.05, 0.1) is 15.2 Å². The Morgan fingerprint density at radius 1 is 1.43 bits per heavy atom. The van der Waals surface area contributed by atoms with Crippen molar-refractivity contribution in [3.8, 4) is 0 Å². The van der Waals surface area contributed by atoms with Gasteiger partial charge in [-0.25, -0.2) is 13.1 Å². The summed E-state index contributed by atoms with van der Waals surface area (Å²) >= 11 is 0. The standard InChI is InChI=1S/C12H16N2O6S/c1-8-4-5-9(6-10(8)14(17)18)21(19,20)13-7-12(2,3)11(15)16/h4-6,13H,7H2,1-3H3,(H,15,16). The van der Waals surface area contributed by atoms with Gasteiger partial charge in [0.15, 0.2) is 0 Å². The first-order chi connectivity index (χ1) is 9.47. The maximum atomic E-state index is 12.1. The minimum atomic E-state index is -4.02. The molecule has 8 nitrogen and oxygen atoms in total. The van der Waals surface area contributed by atoms with Crippen molar-refractivity contribution in [2.75, 3.05) is 6.54 Å². The van der Waals surface area contributed by atoms with Crippen LogP contribution in [0.15, 0.2) is 23.1 Å². The van der Waals surface area contributed by atoms with Crippen molar-refractivity contribution in [2.45, 2.75) is 25.7 Å². The van der Waals surface area contributed by atoms with E-state index in [1.54, 1.807) is 0 Å². The molecule has 0 aliphatic rings. The van der Waals surface area contributed by atoms with Crippen LogP contribution < -0.4 is 4.72 Å². The molecule has 0 bridgehead atoms. The molecule has 116 valence electrons. The van der Waals surface area contributed by atoms with Gasteiger partial charge in [0.1, 0.15) is 0 Å². The monoisotopic (exact) mass is 316 g/mol. The molecule has 0 fully saturated rings. The third-order valence-corrected chi connectivity index (χ3v) is 4.37. The Morgan fingerprint density at radius 3 is 2.48 bits per heavy atom. The molecule has 2 N–H and O–H groups in total. The molecule has 1 rings (SSSR count). The first kappa shape index (κ1) is 17.1. The Labute approximate surface area is 122 Å². The molecule has 0 aromatic heterocycles. The summed E-state index contributed by atoms with van der Waals surface area (Å²) < 4.78 is 26.3. The van der Waals surface area contributed by atoms with Crippen molar-refractivity contribution in [1.82, 2.24) is 4.72 Å². The molecule has 0 aliphatic heterocycles. The molecular weight excluding hydrogens is 300 g/mol. The van der Waals surface area contributed by atoms with Crippen molar-refractivity contribution in [3.05, 3.63) is 33.9 Å². The van der Waals surface area contributed by atoms with Crippen molar-refractivity contribution in [2.24, 2.45) is 5.41 Å². The number of carboxylic acids is 1. The van der Waals surface area contributed by atoms with Gasteiger partial charge in [0.25, 0.3) is 5.69 Å². The second-order valence-electron chi connectivity index (χ2n) is 5.22. The Morgan fingerprint density at radius 2 is 2.00 bits per heavy atom. The zero-order chi connectivity index (χ0) is 16.4. The fraction of sp³-hybridized carbons (Fsp3) is 0.417. The maximum Gasteiger partial charge on any atom is 0.310 e. The number of aliphatic carboxylic acids is 1. The Hall–Kier alpha value is -2.00. The van der Waals surface area contributed by atoms with Gasteiger partial charge in [-0.1, -0.05) is 6.07 Å². The minimum absolute atomic E-state index is 0.277. The normalized spacial score (nSPS) is 12.1. The second-order valence-corrected chi connectivity index (χ2v) is 6.99. The lowest BCUT2D eigenvalue weighted by Gasteiger charge is -2.19. The van der Waals surface area contributed by atoms with E-state index in [4.69, 9.17) is 5.11 Å². The van der Waals surface area contributed by atoms with Crippen LogP contribution in [0, 0.1) is 22.5 Å². The van der Waals surface area contributed by atoms with Gasteiger partial charge in [0, 0.05) is 18.2 Å². The van der Waals surface area contributed by atoms with Gasteiger partial charge < -0.3 is 5.11 Å². The number of hydrogen-bond donors (Lipinski definition) is 2. The number of nitro benzene ring substituents is 1. The summed E-state index contributed by atoms with van der Waals surface area (Å²) in [6.45, 7) is 3.91. The van der Waals surface area contributed by atoms with Gasteiger partial charge in [-0.15, -0.1) is 0 Å². The van der Waals surface area contributed by atoms with Crippen LogP contribution >= 0.6 is 0 Å². The molecule has 0 aliphatic carbocycles. The van der Waals surface area contributed by atoms with Crippen molar-refractivity contribution in [3.63, 3.8) is 0 Å². The molecule has 0 saturated carbocycles. The van der Waals surface area contributed by atoms with E-state index in [-0.39, 0.29) is 17.1 Å². The van der Waals surface area contributed by atoms with E-state index >= 15 is 0 Å². The summed E-state index contributed by atoms with van der Waals surface area (Å²) in [5.74, 6) is -1.15. The third-order valence-electron chi connectivity index (χ3n) is 2.97. The lowest BCUT2D eigenvalue weighted by atomic mass is 9.95. The topological polar surface area (TPSA) is 127 Å². The first-order valence-electron chi connectivity index (χ1n) is 5.95. The van der Waals surface area contributed by atoms with E-state index in [0.717, 1.165) is 6.07 Å². The molecule has 0 atom stereocenters. The van der Waals surface area contributed by atoms with Crippen LogP contribution in [0.4, 0.5) is 5.69 Å². The number of carbonyl (C=O) groups is 1. The summed E-state index contributed by atoms with van der Waals surface area (Å²) in [4.78, 5) is 20.8. The van der Waals surface area contributed by atoms with Gasteiger partial charge >= 0.3 is 5.97 Å². The van der Waals surface area contributed by atoms with E-state index in [1.807, 2.05) is 0 Å². The average Bonchev–Trinajstić information content (AvgIpc) is 2.36. The third kappa shape index (κ3) is 3.99. The van der Waals surface area contributed by atoms with Crippen molar-refractivity contribution >= 4 is 21.7 Å². The minimum Gasteiger partial charge on any atom is -0.481 e. The summed E-state index contributed by atoms with van der Waals surface area (Å²) in [5, 5.41) is 19.8. The summed E-state index contributed by atoms with van der Waals surface area (Å²) in [7, 11) is -4.02. The largest absolute Gasteiger partial charge is 0.481 e. The number of nitro groups is 1. The van der Waals surface area contributed by atoms with Crippen LogP contribution in [0.5, 0.6) is 0 Å². The molecule has 9 heteroatoms. The number of nitrogens with one attached hydrogen (secondary N) is 1. The zero-order valence-electron chi connectivity index (χ0n) is 11.8. The van der Waals surface area contributed by atoms with E-state index in [1.165, 1.54) is 32.9 Å². The number of benzene rings is 1. The van der Waals surface area contributed by atoms with E-state index in [0.29, 0.717) is 5.56 Å². The van der Waals surface area contributed by atoms with Gasteiger partial charge in [-0.2, -0.15) is 0 Å². The molecular formula is C12H16N2O6S. The van der Waals surface area contributed by atoms with E-state index in [9.17, 15) is 23.3 Å². The predicted octanol–water partition coefficient (Wildman–Crippen LogP) is 1.29. The zero-order valence-corrected chi connectivity index (χ0v) is 12.6. The Kier molecular flexibility index (Phi) is 4.69. The van der Waals surface area contributed by atoms with Crippen LogP contribution in [-0.2, 0) is 14.8 Å². The summed E-state index contributed by atoms with van der Waals surface area (Å²) in [5.41, 5.74) is -1.26. The molecule has 1 aromatic rings. The second kappa shape index (κ2) is 5.78. The van der Waals surface area contributed by atoms with Crippen molar-refractivity contribution in [1.29, 1.82) is 0 Å². The Bertz CT molecular complexity index is 681. The summed E-state index contributed by atoms with van der Waals surface area (Å²) in [6.07, 6.45) is 0.